The third kappa shape index (κ3) is 3.32. The molecule has 2 N–H and O–H groups in total. The van der Waals surface area contributed by atoms with Crippen molar-refractivity contribution in [2.45, 2.75) is 24.3 Å². The predicted octanol–water partition coefficient (Wildman–Crippen LogP) is 4.35. The summed E-state index contributed by atoms with van der Waals surface area (Å²) in [5.74, 6) is 0.335. The van der Waals surface area contributed by atoms with E-state index in [0.29, 0.717) is 0 Å². The Bertz CT molecular complexity index is 1430. The van der Waals surface area contributed by atoms with Crippen LogP contribution < -0.4 is 5.32 Å². The molecule has 3 aliphatic rings. The molecule has 1 saturated carbocycles. The Morgan fingerprint density at radius 2 is 1.80 bits per heavy atom. The van der Waals surface area contributed by atoms with Gasteiger partial charge in [-0.15, -0.1) is 0 Å². The molecule has 0 bridgehead atoms. The molecule has 1 saturated heterocycles. The van der Waals surface area contributed by atoms with E-state index in [0.717, 1.165) is 72.6 Å². The zero-order valence-electron chi connectivity index (χ0n) is 19.9. The summed E-state index contributed by atoms with van der Waals surface area (Å²) in [4.78, 5) is 17.8. The van der Waals surface area contributed by atoms with E-state index in [-0.39, 0.29) is 11.8 Å². The van der Waals surface area contributed by atoms with Gasteiger partial charge in [-0.2, -0.15) is 5.10 Å². The molecule has 2 atom stereocenters. The molecule has 0 radical (unpaired) electrons. The lowest BCUT2D eigenvalue weighted by Gasteiger charge is -2.32. The molecular formula is C29H29N5O. The van der Waals surface area contributed by atoms with Crippen molar-refractivity contribution in [3.8, 4) is 11.3 Å². The van der Waals surface area contributed by atoms with Gasteiger partial charge in [-0.1, -0.05) is 54.6 Å². The minimum absolute atomic E-state index is 0.130. The summed E-state index contributed by atoms with van der Waals surface area (Å²) in [7, 11) is 2.19. The van der Waals surface area contributed by atoms with Gasteiger partial charge in [0.2, 0.25) is 5.91 Å². The monoisotopic (exact) mass is 463 g/mol. The first-order valence-electron chi connectivity index (χ1n) is 12.5. The molecule has 1 aromatic heterocycles. The number of hydrogen-bond acceptors (Lipinski definition) is 4. The largest absolute Gasteiger partial charge is 0.325 e. The van der Waals surface area contributed by atoms with Gasteiger partial charge in [-0.05, 0) is 42.3 Å². The first kappa shape index (κ1) is 20.9. The number of piperazine rings is 1. The molecule has 6 nitrogen and oxygen atoms in total. The van der Waals surface area contributed by atoms with Crippen LogP contribution in [0.2, 0.25) is 0 Å². The summed E-state index contributed by atoms with van der Waals surface area (Å²) in [5.41, 5.74) is 7.35. The number of benzene rings is 3. The highest BCUT2D eigenvalue weighted by Gasteiger charge is 2.65. The summed E-state index contributed by atoms with van der Waals surface area (Å²) in [6, 6.07) is 23.4. The molecule has 1 aliphatic carbocycles. The molecule has 7 rings (SSSR count). The standard InChI is InChI=1S/C29H29N5O/c1-33-12-14-34(15-13-33)18-19-6-8-20(9-7-19)27-22-11-10-21(16-26(22)31-32-27)24-17-29(24)23-4-2-3-5-25(23)30-28(29)35/h2-11,16,24H,12-15,17-18H2,1H3,(H,30,35)(H,31,32)/t24-,29?/m0/s1. The molecule has 4 aromatic rings. The van der Waals surface area contributed by atoms with E-state index in [1.165, 1.54) is 11.1 Å². The van der Waals surface area contributed by atoms with E-state index >= 15 is 0 Å². The number of rotatable bonds is 4. The number of anilines is 1. The fourth-order valence-corrected chi connectivity index (χ4v) is 6.06. The van der Waals surface area contributed by atoms with Crippen LogP contribution in [0.3, 0.4) is 0 Å². The second-order valence-corrected chi connectivity index (χ2v) is 10.4. The van der Waals surface area contributed by atoms with Crippen molar-refractivity contribution >= 4 is 22.5 Å². The number of likely N-dealkylation sites (N-methyl/N-ethyl adjacent to an activating group) is 1. The minimum Gasteiger partial charge on any atom is -0.325 e. The SMILES string of the molecule is CN1CCN(Cc2ccc(-c3n[nH]c4cc([C@@H]5CC56C(=O)Nc5ccccc56)ccc34)cc2)CC1. The van der Waals surface area contributed by atoms with Crippen molar-refractivity contribution in [3.63, 3.8) is 0 Å². The van der Waals surface area contributed by atoms with Crippen molar-refractivity contribution in [2.24, 2.45) is 0 Å². The van der Waals surface area contributed by atoms with Gasteiger partial charge in [-0.25, -0.2) is 0 Å². The molecule has 3 aromatic carbocycles. The summed E-state index contributed by atoms with van der Waals surface area (Å²) in [6.45, 7) is 5.52. The van der Waals surface area contributed by atoms with Crippen LogP contribution >= 0.6 is 0 Å². The fourth-order valence-electron chi connectivity index (χ4n) is 6.06. The van der Waals surface area contributed by atoms with E-state index in [4.69, 9.17) is 0 Å². The quantitative estimate of drug-likeness (QED) is 0.472. The average molecular weight is 464 g/mol. The highest BCUT2D eigenvalue weighted by atomic mass is 16.2. The van der Waals surface area contributed by atoms with Crippen LogP contribution in [0.25, 0.3) is 22.2 Å². The van der Waals surface area contributed by atoms with Gasteiger partial charge in [0.05, 0.1) is 16.6 Å². The Morgan fingerprint density at radius 1 is 1.00 bits per heavy atom. The lowest BCUT2D eigenvalue weighted by atomic mass is 9.91. The maximum atomic E-state index is 12.9. The number of fused-ring (bicyclic) bond motifs is 3. The van der Waals surface area contributed by atoms with Crippen molar-refractivity contribution < 1.29 is 4.79 Å². The van der Waals surface area contributed by atoms with Crippen LogP contribution in [-0.4, -0.2) is 59.1 Å². The molecule has 3 heterocycles. The second kappa shape index (κ2) is 7.77. The summed E-state index contributed by atoms with van der Waals surface area (Å²) in [6.07, 6.45) is 0.858. The Kier molecular flexibility index (Phi) is 4.63. The van der Waals surface area contributed by atoms with Crippen LogP contribution in [0.5, 0.6) is 0 Å². The number of H-pyrrole nitrogens is 1. The van der Waals surface area contributed by atoms with Crippen LogP contribution in [-0.2, 0) is 16.8 Å². The number of nitrogens with one attached hydrogen (secondary N) is 2. The Labute approximate surface area is 204 Å². The highest BCUT2D eigenvalue weighted by molar-refractivity contribution is 6.10. The normalized spacial score (nSPS) is 24.1. The number of aromatic amines is 1. The first-order valence-corrected chi connectivity index (χ1v) is 12.5. The maximum Gasteiger partial charge on any atom is 0.235 e. The molecule has 1 unspecified atom stereocenters. The predicted molar refractivity (Wildman–Crippen MR) is 138 cm³/mol. The lowest BCUT2D eigenvalue weighted by molar-refractivity contribution is -0.118. The van der Waals surface area contributed by atoms with Crippen LogP contribution in [0.15, 0.2) is 66.7 Å². The topological polar surface area (TPSA) is 64.3 Å². The van der Waals surface area contributed by atoms with E-state index in [9.17, 15) is 4.79 Å². The van der Waals surface area contributed by atoms with Gasteiger partial charge >= 0.3 is 0 Å². The number of nitrogens with zero attached hydrogens (tertiary/aromatic N) is 3. The zero-order valence-corrected chi connectivity index (χ0v) is 19.9. The molecule has 176 valence electrons. The van der Waals surface area contributed by atoms with Crippen molar-refractivity contribution in [1.82, 2.24) is 20.0 Å². The Balaban J connectivity index is 1.12. The summed E-state index contributed by atoms with van der Waals surface area (Å²) in [5, 5.41) is 12.1. The average Bonchev–Trinajstić information content (AvgIpc) is 3.40. The number of amides is 1. The van der Waals surface area contributed by atoms with E-state index in [1.807, 2.05) is 18.2 Å². The minimum atomic E-state index is -0.410. The molecule has 2 fully saturated rings. The third-order valence-electron chi connectivity index (χ3n) is 8.24. The Morgan fingerprint density at radius 3 is 2.63 bits per heavy atom. The molecular weight excluding hydrogens is 434 g/mol. The number of para-hydroxylation sites is 1. The molecule has 2 aliphatic heterocycles. The van der Waals surface area contributed by atoms with Crippen molar-refractivity contribution in [1.29, 1.82) is 0 Å². The van der Waals surface area contributed by atoms with E-state index in [2.05, 4.69) is 80.9 Å². The summed E-state index contributed by atoms with van der Waals surface area (Å²) < 4.78 is 0. The van der Waals surface area contributed by atoms with Crippen molar-refractivity contribution in [3.05, 3.63) is 83.4 Å². The van der Waals surface area contributed by atoms with Gasteiger partial charge in [-0.3, -0.25) is 14.8 Å². The number of aromatic nitrogens is 2. The van der Waals surface area contributed by atoms with Crippen LogP contribution in [0.4, 0.5) is 5.69 Å². The number of carbonyl (C=O) groups is 1. The first-order chi connectivity index (χ1) is 17.1. The van der Waals surface area contributed by atoms with E-state index < -0.39 is 5.41 Å². The van der Waals surface area contributed by atoms with Gasteiger partial charge in [0.1, 0.15) is 0 Å². The highest BCUT2D eigenvalue weighted by Crippen LogP contribution is 2.65. The molecule has 35 heavy (non-hydrogen) atoms. The Hall–Kier alpha value is -3.48. The van der Waals surface area contributed by atoms with Crippen LogP contribution in [0.1, 0.15) is 29.0 Å². The van der Waals surface area contributed by atoms with Gasteiger partial charge in [0, 0.05) is 55.3 Å². The zero-order chi connectivity index (χ0) is 23.6. The van der Waals surface area contributed by atoms with Gasteiger partial charge in [0.25, 0.3) is 0 Å². The van der Waals surface area contributed by atoms with Gasteiger partial charge in [0.15, 0.2) is 0 Å². The number of hydrogen-bond donors (Lipinski definition) is 2. The lowest BCUT2D eigenvalue weighted by Crippen LogP contribution is -2.43. The van der Waals surface area contributed by atoms with Gasteiger partial charge < -0.3 is 10.2 Å². The fraction of sp³-hybridized carbons (Fsp3) is 0.310. The van der Waals surface area contributed by atoms with E-state index in [1.54, 1.807) is 0 Å². The van der Waals surface area contributed by atoms with Crippen LogP contribution in [0, 0.1) is 0 Å². The maximum absolute atomic E-state index is 12.9. The second-order valence-electron chi connectivity index (χ2n) is 10.4. The molecule has 1 spiro atoms. The smallest absolute Gasteiger partial charge is 0.235 e. The number of carbonyl (C=O) groups excluding carboxylic acids is 1. The third-order valence-corrected chi connectivity index (χ3v) is 8.24. The molecule has 6 heteroatoms. The summed E-state index contributed by atoms with van der Waals surface area (Å²) >= 11 is 0. The molecule has 1 amide bonds. The van der Waals surface area contributed by atoms with Crippen molar-refractivity contribution in [2.75, 3.05) is 38.5 Å².